The number of hydrogen-bond acceptors (Lipinski definition) is 5. The fourth-order valence-electron chi connectivity index (χ4n) is 6.00. The second kappa shape index (κ2) is 16.4. The van der Waals surface area contributed by atoms with Gasteiger partial charge < -0.3 is 15.0 Å². The van der Waals surface area contributed by atoms with Gasteiger partial charge in [-0.3, -0.25) is 13.9 Å². The number of anilines is 1. The molecule has 1 aliphatic carbocycles. The summed E-state index contributed by atoms with van der Waals surface area (Å²) in [5.41, 5.74) is 1.70. The van der Waals surface area contributed by atoms with Crippen molar-refractivity contribution in [3.8, 4) is 5.75 Å². The maximum absolute atomic E-state index is 14.7. The maximum Gasteiger partial charge on any atom is 0.264 e. The molecule has 4 aromatic carbocycles. The average molecular weight is 709 g/mol. The summed E-state index contributed by atoms with van der Waals surface area (Å²) in [6, 6.07) is 28.0. The van der Waals surface area contributed by atoms with Crippen LogP contribution >= 0.6 is 23.2 Å². The van der Waals surface area contributed by atoms with Gasteiger partial charge in [0.25, 0.3) is 10.0 Å². The van der Waals surface area contributed by atoms with Crippen molar-refractivity contribution in [2.24, 2.45) is 0 Å². The number of methoxy groups -OCH3 is 1. The molecule has 0 aliphatic heterocycles. The SMILES string of the molecule is COc1cccc(CN(C(=O)CN(c2cc(Cl)cc(Cl)c2)S(=O)(=O)c2ccccc2)C(Cc2ccccc2)C(=O)NC2CCCCC2)c1. The third kappa shape index (κ3) is 9.09. The van der Waals surface area contributed by atoms with Gasteiger partial charge in [0, 0.05) is 29.1 Å². The Balaban J connectivity index is 1.58. The van der Waals surface area contributed by atoms with E-state index < -0.39 is 28.5 Å². The Morgan fingerprint density at radius 1 is 0.833 bits per heavy atom. The molecular formula is C37H39Cl2N3O5S. The first-order chi connectivity index (χ1) is 23.1. The van der Waals surface area contributed by atoms with Gasteiger partial charge in [0.1, 0.15) is 18.3 Å². The van der Waals surface area contributed by atoms with Crippen LogP contribution < -0.4 is 14.4 Å². The van der Waals surface area contributed by atoms with Gasteiger partial charge in [0.15, 0.2) is 0 Å². The minimum Gasteiger partial charge on any atom is -0.497 e. The van der Waals surface area contributed by atoms with E-state index in [2.05, 4.69) is 5.32 Å². The fraction of sp³-hybridized carbons (Fsp3) is 0.297. The van der Waals surface area contributed by atoms with E-state index in [0.717, 1.165) is 47.5 Å². The number of benzene rings is 4. The molecule has 1 atom stereocenters. The molecule has 48 heavy (non-hydrogen) atoms. The van der Waals surface area contributed by atoms with Gasteiger partial charge in [-0.2, -0.15) is 0 Å². The van der Waals surface area contributed by atoms with Crippen molar-refractivity contribution in [2.75, 3.05) is 18.0 Å². The predicted molar refractivity (Wildman–Crippen MR) is 190 cm³/mol. The third-order valence-corrected chi connectivity index (χ3v) is 10.7. The normalized spacial score (nSPS) is 14.1. The molecule has 11 heteroatoms. The molecule has 252 valence electrons. The van der Waals surface area contributed by atoms with E-state index in [9.17, 15) is 18.0 Å². The quantitative estimate of drug-likeness (QED) is 0.158. The number of halogens is 2. The Morgan fingerprint density at radius 3 is 2.10 bits per heavy atom. The van der Waals surface area contributed by atoms with Crippen molar-refractivity contribution in [1.82, 2.24) is 10.2 Å². The van der Waals surface area contributed by atoms with E-state index in [-0.39, 0.29) is 45.5 Å². The molecule has 1 saturated carbocycles. The molecule has 1 N–H and O–H groups in total. The summed E-state index contributed by atoms with van der Waals surface area (Å²) in [6.45, 7) is -0.582. The molecule has 1 aliphatic rings. The van der Waals surface area contributed by atoms with Crippen molar-refractivity contribution in [2.45, 2.75) is 62.0 Å². The first-order valence-corrected chi connectivity index (χ1v) is 18.1. The summed E-state index contributed by atoms with van der Waals surface area (Å²) < 4.78 is 34.8. The highest BCUT2D eigenvalue weighted by Gasteiger charge is 2.35. The Kier molecular flexibility index (Phi) is 12.0. The van der Waals surface area contributed by atoms with E-state index in [1.165, 1.54) is 35.2 Å². The monoisotopic (exact) mass is 707 g/mol. The molecule has 0 aromatic heterocycles. The molecule has 0 saturated heterocycles. The number of ether oxygens (including phenoxy) is 1. The van der Waals surface area contributed by atoms with Crippen LogP contribution in [0.3, 0.4) is 0 Å². The van der Waals surface area contributed by atoms with E-state index in [0.29, 0.717) is 5.75 Å². The largest absolute Gasteiger partial charge is 0.497 e. The second-order valence-corrected chi connectivity index (χ2v) is 14.6. The van der Waals surface area contributed by atoms with E-state index >= 15 is 0 Å². The van der Waals surface area contributed by atoms with Gasteiger partial charge in [-0.05, 0) is 66.4 Å². The van der Waals surface area contributed by atoms with Crippen LogP contribution in [0.25, 0.3) is 0 Å². The molecule has 0 spiro atoms. The first-order valence-electron chi connectivity index (χ1n) is 15.9. The van der Waals surface area contributed by atoms with Gasteiger partial charge in [-0.25, -0.2) is 8.42 Å². The zero-order valence-corrected chi connectivity index (χ0v) is 29.1. The van der Waals surface area contributed by atoms with Crippen LogP contribution in [0, 0.1) is 0 Å². The Hall–Kier alpha value is -4.05. The van der Waals surface area contributed by atoms with Crippen LogP contribution in [-0.4, -0.2) is 50.9 Å². The van der Waals surface area contributed by atoms with Gasteiger partial charge in [0.05, 0.1) is 17.7 Å². The fourth-order valence-corrected chi connectivity index (χ4v) is 7.93. The van der Waals surface area contributed by atoms with Crippen LogP contribution in [0.2, 0.25) is 10.0 Å². The highest BCUT2D eigenvalue weighted by atomic mass is 35.5. The van der Waals surface area contributed by atoms with Crippen LogP contribution in [0.5, 0.6) is 5.75 Å². The summed E-state index contributed by atoms with van der Waals surface area (Å²) in [5, 5.41) is 3.63. The third-order valence-electron chi connectivity index (χ3n) is 8.46. The first kappa shape index (κ1) is 35.3. The van der Waals surface area contributed by atoms with Crippen molar-refractivity contribution < 1.29 is 22.7 Å². The number of carbonyl (C=O) groups is 2. The number of carbonyl (C=O) groups excluding carboxylic acids is 2. The minimum atomic E-state index is -4.28. The zero-order chi connectivity index (χ0) is 34.1. The van der Waals surface area contributed by atoms with Gasteiger partial charge in [0.2, 0.25) is 11.8 Å². The van der Waals surface area contributed by atoms with E-state index in [1.807, 2.05) is 42.5 Å². The Bertz CT molecular complexity index is 1780. The van der Waals surface area contributed by atoms with E-state index in [4.69, 9.17) is 27.9 Å². The standard InChI is InChI=1S/C37H39Cl2N3O5S/c1-47-33-17-11-14-28(20-33)25-41(35(21-27-12-5-2-6-13-27)37(44)40-31-15-7-3-8-16-31)36(43)26-42(32-23-29(38)22-30(39)24-32)48(45,46)34-18-9-4-10-19-34/h2,4-6,9-14,17-20,22-24,31,35H,3,7-8,15-16,21,25-26H2,1H3,(H,40,44). The summed E-state index contributed by atoms with van der Waals surface area (Å²) >= 11 is 12.7. The summed E-state index contributed by atoms with van der Waals surface area (Å²) in [6.07, 6.45) is 5.13. The molecule has 0 heterocycles. The lowest BCUT2D eigenvalue weighted by atomic mass is 9.94. The number of nitrogens with zero attached hydrogens (tertiary/aromatic N) is 2. The van der Waals surface area contributed by atoms with Crippen molar-refractivity contribution in [3.63, 3.8) is 0 Å². The van der Waals surface area contributed by atoms with Gasteiger partial charge >= 0.3 is 0 Å². The van der Waals surface area contributed by atoms with Crippen molar-refractivity contribution in [1.29, 1.82) is 0 Å². The number of rotatable bonds is 13. The lowest BCUT2D eigenvalue weighted by molar-refractivity contribution is -0.140. The summed E-state index contributed by atoms with van der Waals surface area (Å²) in [4.78, 5) is 30.4. The maximum atomic E-state index is 14.7. The minimum absolute atomic E-state index is 0.00172. The molecule has 4 aromatic rings. The molecule has 1 unspecified atom stereocenters. The molecule has 1 fully saturated rings. The van der Waals surface area contributed by atoms with Crippen molar-refractivity contribution in [3.05, 3.63) is 124 Å². The van der Waals surface area contributed by atoms with Crippen molar-refractivity contribution >= 4 is 50.7 Å². The smallest absolute Gasteiger partial charge is 0.264 e. The Morgan fingerprint density at radius 2 is 1.46 bits per heavy atom. The highest BCUT2D eigenvalue weighted by Crippen LogP contribution is 2.30. The van der Waals surface area contributed by atoms with Gasteiger partial charge in [-0.15, -0.1) is 0 Å². The molecule has 2 amide bonds. The lowest BCUT2D eigenvalue weighted by Gasteiger charge is -2.35. The number of hydrogen-bond donors (Lipinski definition) is 1. The highest BCUT2D eigenvalue weighted by molar-refractivity contribution is 7.92. The predicted octanol–water partition coefficient (Wildman–Crippen LogP) is 7.29. The lowest BCUT2D eigenvalue weighted by Crippen LogP contribution is -2.55. The topological polar surface area (TPSA) is 96.0 Å². The van der Waals surface area contributed by atoms with Crippen LogP contribution in [0.15, 0.2) is 108 Å². The van der Waals surface area contributed by atoms with Crippen LogP contribution in [0.4, 0.5) is 5.69 Å². The molecular weight excluding hydrogens is 669 g/mol. The molecule has 8 nitrogen and oxygen atoms in total. The number of nitrogens with one attached hydrogen (secondary N) is 1. The van der Waals surface area contributed by atoms with E-state index in [1.54, 1.807) is 37.4 Å². The molecule has 0 radical (unpaired) electrons. The summed E-state index contributed by atoms with van der Waals surface area (Å²) in [5.74, 6) is -0.272. The molecule has 5 rings (SSSR count). The second-order valence-electron chi connectivity index (χ2n) is 11.9. The number of amides is 2. The average Bonchev–Trinajstić information content (AvgIpc) is 3.09. The Labute approximate surface area is 292 Å². The molecule has 0 bridgehead atoms. The van der Waals surface area contributed by atoms with Gasteiger partial charge in [-0.1, -0.05) is 103 Å². The van der Waals surface area contributed by atoms with Crippen LogP contribution in [0.1, 0.15) is 43.2 Å². The zero-order valence-electron chi connectivity index (χ0n) is 26.7. The summed E-state index contributed by atoms with van der Waals surface area (Å²) in [7, 11) is -2.72. The van der Waals surface area contributed by atoms with Crippen LogP contribution in [-0.2, 0) is 32.6 Å². The number of sulfonamides is 1.